The fourth-order valence-electron chi connectivity index (χ4n) is 2.66. The van der Waals surface area contributed by atoms with Crippen molar-refractivity contribution < 1.29 is 14.8 Å². The quantitative estimate of drug-likeness (QED) is 0.623. The molecule has 0 spiro atoms. The number of hydrogen-bond donors (Lipinski definition) is 2. The summed E-state index contributed by atoms with van der Waals surface area (Å²) < 4.78 is 1.20. The highest BCUT2D eigenvalue weighted by molar-refractivity contribution is 5.96. The minimum atomic E-state index is -0.891. The third kappa shape index (κ3) is 2.64. The molecule has 0 unspecified atom stereocenters. The highest BCUT2D eigenvalue weighted by Crippen LogP contribution is 2.29. The summed E-state index contributed by atoms with van der Waals surface area (Å²) in [6.45, 7) is 1.59. The first-order valence-corrected chi connectivity index (χ1v) is 6.53. The number of aromatic nitrogens is 2. The van der Waals surface area contributed by atoms with E-state index in [4.69, 9.17) is 0 Å². The van der Waals surface area contributed by atoms with Crippen LogP contribution in [0.15, 0.2) is 0 Å². The summed E-state index contributed by atoms with van der Waals surface area (Å²) in [4.78, 5) is 22.5. The van der Waals surface area contributed by atoms with E-state index in [-0.39, 0.29) is 23.6 Å². The molecule has 8 heteroatoms. The Morgan fingerprint density at radius 3 is 2.70 bits per heavy atom. The summed E-state index contributed by atoms with van der Waals surface area (Å²) in [6, 6.07) is 0. The molecule has 1 aromatic heterocycles. The lowest BCUT2D eigenvalue weighted by Crippen LogP contribution is -2.41. The number of hydrogen-bond acceptors (Lipinski definition) is 5. The Morgan fingerprint density at radius 2 is 2.15 bits per heavy atom. The summed E-state index contributed by atoms with van der Waals surface area (Å²) in [5.41, 5.74) is -1.07. The summed E-state index contributed by atoms with van der Waals surface area (Å²) in [6.07, 6.45) is 3.13. The first kappa shape index (κ1) is 14.4. The molecular formula is C12H18N4O4. The number of nitro groups is 1. The lowest BCUT2D eigenvalue weighted by Gasteiger charge is -2.22. The minimum absolute atomic E-state index is 0.0888. The molecule has 0 aromatic carbocycles. The molecule has 0 atom stereocenters. The van der Waals surface area contributed by atoms with Crippen molar-refractivity contribution in [1.29, 1.82) is 0 Å². The van der Waals surface area contributed by atoms with Crippen LogP contribution < -0.4 is 5.32 Å². The Hall–Kier alpha value is -1.96. The molecule has 1 aliphatic rings. The van der Waals surface area contributed by atoms with Crippen LogP contribution in [0, 0.1) is 17.0 Å². The largest absolute Gasteiger partial charge is 0.388 e. The van der Waals surface area contributed by atoms with Gasteiger partial charge >= 0.3 is 5.69 Å². The van der Waals surface area contributed by atoms with Gasteiger partial charge in [0.05, 0.1) is 10.5 Å². The summed E-state index contributed by atoms with van der Waals surface area (Å²) in [5, 5.41) is 27.7. The number of aryl methyl sites for hydroxylation is 2. The van der Waals surface area contributed by atoms with E-state index in [0.29, 0.717) is 12.8 Å². The van der Waals surface area contributed by atoms with Gasteiger partial charge in [0.15, 0.2) is 0 Å². The fourth-order valence-corrected chi connectivity index (χ4v) is 2.66. The maximum absolute atomic E-state index is 12.1. The smallest absolute Gasteiger partial charge is 0.322 e. The van der Waals surface area contributed by atoms with E-state index >= 15 is 0 Å². The SMILES string of the molecule is Cc1nn(C)c(C(=O)NCC2(O)CCCC2)c1[N+](=O)[O-]. The van der Waals surface area contributed by atoms with Gasteiger partial charge in [-0.2, -0.15) is 5.10 Å². The zero-order chi connectivity index (χ0) is 14.9. The highest BCUT2D eigenvalue weighted by Gasteiger charge is 2.34. The van der Waals surface area contributed by atoms with Gasteiger partial charge in [-0.25, -0.2) is 0 Å². The highest BCUT2D eigenvalue weighted by atomic mass is 16.6. The zero-order valence-electron chi connectivity index (χ0n) is 11.5. The number of carbonyl (C=O) groups is 1. The van der Waals surface area contributed by atoms with Gasteiger partial charge in [0.1, 0.15) is 5.69 Å². The minimum Gasteiger partial charge on any atom is -0.388 e. The number of nitrogens with zero attached hydrogens (tertiary/aromatic N) is 3. The molecule has 0 saturated heterocycles. The van der Waals surface area contributed by atoms with Crippen LogP contribution in [0.2, 0.25) is 0 Å². The van der Waals surface area contributed by atoms with Crippen LogP contribution in [0.4, 0.5) is 5.69 Å². The summed E-state index contributed by atoms with van der Waals surface area (Å²) >= 11 is 0. The van der Waals surface area contributed by atoms with Gasteiger partial charge in [-0.3, -0.25) is 19.6 Å². The van der Waals surface area contributed by atoms with Crippen molar-refractivity contribution in [2.45, 2.75) is 38.2 Å². The maximum atomic E-state index is 12.1. The van der Waals surface area contributed by atoms with E-state index < -0.39 is 16.4 Å². The fraction of sp³-hybridized carbons (Fsp3) is 0.667. The van der Waals surface area contributed by atoms with Gasteiger partial charge in [-0.05, 0) is 19.8 Å². The normalized spacial score (nSPS) is 17.1. The van der Waals surface area contributed by atoms with Crippen molar-refractivity contribution in [3.05, 3.63) is 21.5 Å². The number of rotatable bonds is 4. The second-order valence-electron chi connectivity index (χ2n) is 5.28. The van der Waals surface area contributed by atoms with Gasteiger partial charge in [0, 0.05) is 13.6 Å². The predicted octanol–water partition coefficient (Wildman–Crippen LogP) is 0.672. The van der Waals surface area contributed by atoms with Gasteiger partial charge in [-0.15, -0.1) is 0 Å². The van der Waals surface area contributed by atoms with E-state index in [0.717, 1.165) is 12.8 Å². The molecule has 1 aliphatic carbocycles. The van der Waals surface area contributed by atoms with Crippen LogP contribution in [0.5, 0.6) is 0 Å². The van der Waals surface area contributed by atoms with Crippen LogP contribution in [-0.4, -0.2) is 37.9 Å². The molecule has 20 heavy (non-hydrogen) atoms. The lowest BCUT2D eigenvalue weighted by atomic mass is 10.0. The molecule has 1 saturated carbocycles. The molecule has 1 fully saturated rings. The topological polar surface area (TPSA) is 110 Å². The van der Waals surface area contributed by atoms with Crippen LogP contribution in [-0.2, 0) is 7.05 Å². The molecule has 1 heterocycles. The molecule has 1 amide bonds. The Morgan fingerprint density at radius 1 is 1.55 bits per heavy atom. The molecule has 2 rings (SSSR count). The number of nitrogens with one attached hydrogen (secondary N) is 1. The average molecular weight is 282 g/mol. The van der Waals surface area contributed by atoms with Gasteiger partial charge in [0.25, 0.3) is 5.91 Å². The average Bonchev–Trinajstić information content (AvgIpc) is 2.91. The van der Waals surface area contributed by atoms with Crippen molar-refractivity contribution in [3.63, 3.8) is 0 Å². The Bertz CT molecular complexity index is 546. The van der Waals surface area contributed by atoms with Crippen LogP contribution in [0.25, 0.3) is 0 Å². The van der Waals surface area contributed by atoms with E-state index in [1.807, 2.05) is 0 Å². The molecule has 1 aromatic rings. The third-order valence-corrected chi connectivity index (χ3v) is 3.70. The summed E-state index contributed by atoms with van der Waals surface area (Å²) in [7, 11) is 1.49. The maximum Gasteiger partial charge on any atom is 0.322 e. The van der Waals surface area contributed by atoms with Crippen molar-refractivity contribution in [2.24, 2.45) is 7.05 Å². The molecular weight excluding hydrogens is 264 g/mol. The monoisotopic (exact) mass is 282 g/mol. The Kier molecular flexibility index (Phi) is 3.76. The van der Waals surface area contributed by atoms with Crippen LogP contribution in [0.3, 0.4) is 0 Å². The van der Waals surface area contributed by atoms with Crippen molar-refractivity contribution in [2.75, 3.05) is 6.54 Å². The number of amides is 1. The van der Waals surface area contributed by atoms with Crippen LogP contribution in [0.1, 0.15) is 41.9 Å². The molecule has 110 valence electrons. The number of carbonyl (C=O) groups excluding carboxylic acids is 1. The van der Waals surface area contributed by atoms with Crippen molar-refractivity contribution in [3.8, 4) is 0 Å². The van der Waals surface area contributed by atoms with E-state index in [1.165, 1.54) is 18.7 Å². The van der Waals surface area contributed by atoms with Gasteiger partial charge in [-0.1, -0.05) is 12.8 Å². The van der Waals surface area contributed by atoms with Gasteiger partial charge in [0.2, 0.25) is 5.69 Å². The third-order valence-electron chi connectivity index (χ3n) is 3.70. The van der Waals surface area contributed by atoms with Crippen LogP contribution >= 0.6 is 0 Å². The molecule has 0 aliphatic heterocycles. The van der Waals surface area contributed by atoms with E-state index in [1.54, 1.807) is 0 Å². The van der Waals surface area contributed by atoms with E-state index in [2.05, 4.69) is 10.4 Å². The summed E-state index contributed by atoms with van der Waals surface area (Å²) in [5.74, 6) is -0.583. The standard InChI is InChI=1S/C12H18N4O4/c1-8-9(16(19)20)10(15(2)14-8)11(17)13-7-12(18)5-3-4-6-12/h18H,3-7H2,1-2H3,(H,13,17). The molecule has 0 bridgehead atoms. The Balaban J connectivity index is 2.15. The van der Waals surface area contributed by atoms with Gasteiger partial charge < -0.3 is 10.4 Å². The predicted molar refractivity (Wildman–Crippen MR) is 70.4 cm³/mol. The first-order chi connectivity index (χ1) is 9.34. The first-order valence-electron chi connectivity index (χ1n) is 6.53. The molecule has 0 radical (unpaired) electrons. The Labute approximate surface area is 115 Å². The zero-order valence-corrected chi connectivity index (χ0v) is 11.5. The number of aliphatic hydroxyl groups is 1. The second-order valence-corrected chi connectivity index (χ2v) is 5.28. The lowest BCUT2D eigenvalue weighted by molar-refractivity contribution is -0.385. The van der Waals surface area contributed by atoms with Crippen molar-refractivity contribution >= 4 is 11.6 Å². The molecule has 8 nitrogen and oxygen atoms in total. The van der Waals surface area contributed by atoms with Crippen molar-refractivity contribution in [1.82, 2.24) is 15.1 Å². The van der Waals surface area contributed by atoms with E-state index in [9.17, 15) is 20.0 Å². The second kappa shape index (κ2) is 5.20. The molecule has 2 N–H and O–H groups in total.